The summed E-state index contributed by atoms with van der Waals surface area (Å²) in [5.74, 6) is -0.128. The van der Waals surface area contributed by atoms with Crippen LogP contribution in [0.1, 0.15) is 63.1 Å². The Bertz CT molecular complexity index is 1650. The van der Waals surface area contributed by atoms with Gasteiger partial charge in [-0.05, 0) is 64.4 Å². The lowest BCUT2D eigenvalue weighted by Crippen LogP contribution is -2.19. The van der Waals surface area contributed by atoms with Crippen LogP contribution >= 0.6 is 11.3 Å². The average molecular weight is 580 g/mol. The molecule has 0 fully saturated rings. The number of nitrogens with zero attached hydrogens (tertiary/aromatic N) is 1. The summed E-state index contributed by atoms with van der Waals surface area (Å²) in [7, 11) is -3.36. The van der Waals surface area contributed by atoms with Gasteiger partial charge >= 0.3 is 0 Å². The molecule has 0 atom stereocenters. The Labute approximate surface area is 239 Å². The molecule has 0 saturated carbocycles. The third kappa shape index (κ3) is 5.98. The largest absolute Gasteiger partial charge is 0.507 e. The maximum atomic E-state index is 13.8. The van der Waals surface area contributed by atoms with Gasteiger partial charge in [0.15, 0.2) is 9.84 Å². The van der Waals surface area contributed by atoms with Crippen molar-refractivity contribution < 1.29 is 23.1 Å². The van der Waals surface area contributed by atoms with Gasteiger partial charge in [0, 0.05) is 33.4 Å². The van der Waals surface area contributed by atoms with E-state index < -0.39 is 9.84 Å². The van der Waals surface area contributed by atoms with Crippen molar-refractivity contribution in [1.82, 2.24) is 0 Å². The van der Waals surface area contributed by atoms with Gasteiger partial charge < -0.3 is 10.3 Å². The maximum absolute atomic E-state index is 13.8. The van der Waals surface area contributed by atoms with Crippen molar-refractivity contribution in [2.24, 2.45) is 5.16 Å². The highest BCUT2D eigenvalue weighted by Crippen LogP contribution is 2.43. The van der Waals surface area contributed by atoms with Gasteiger partial charge in [-0.25, -0.2) is 12.8 Å². The molecular formula is C32H34FNO4S2. The number of rotatable bonds is 5. The summed E-state index contributed by atoms with van der Waals surface area (Å²) >= 11 is 1.39. The molecule has 0 unspecified atom stereocenters. The number of hydrogen-bond acceptors (Lipinski definition) is 6. The second-order valence-electron chi connectivity index (χ2n) is 12.0. The zero-order chi connectivity index (χ0) is 29.6. The number of aromatic hydroxyl groups is 1. The van der Waals surface area contributed by atoms with Crippen LogP contribution in [-0.4, -0.2) is 30.7 Å². The molecule has 0 aliphatic heterocycles. The molecule has 4 aromatic rings. The zero-order valence-corrected chi connectivity index (χ0v) is 25.3. The van der Waals surface area contributed by atoms with Crippen molar-refractivity contribution in [2.75, 3.05) is 6.26 Å². The summed E-state index contributed by atoms with van der Waals surface area (Å²) < 4.78 is 37.8. The van der Waals surface area contributed by atoms with E-state index in [0.717, 1.165) is 39.0 Å². The number of sulfone groups is 1. The number of benzene rings is 3. The maximum Gasteiger partial charge on any atom is 0.175 e. The molecule has 3 aromatic carbocycles. The normalized spacial score (nSPS) is 13.1. The predicted molar refractivity (Wildman–Crippen MR) is 161 cm³/mol. The van der Waals surface area contributed by atoms with E-state index in [1.54, 1.807) is 36.4 Å². The first kappa shape index (κ1) is 29.5. The van der Waals surface area contributed by atoms with E-state index in [1.165, 1.54) is 23.5 Å². The lowest BCUT2D eigenvalue weighted by Gasteiger charge is -2.28. The molecule has 40 heavy (non-hydrogen) atoms. The van der Waals surface area contributed by atoms with E-state index in [-0.39, 0.29) is 27.3 Å². The standard InChI is InChI=1S/C32H34FNO4S2/c1-31(2,3)25-16-21(17-26(29(25)35)32(4,5)6)28(34-36)27-18-24(19-10-14-23(15-11-19)40(7,37)38)30(39-27)20-8-12-22(33)13-9-20/h8-18,35-36H,1-7H3/b34-28+. The fourth-order valence-electron chi connectivity index (χ4n) is 4.58. The van der Waals surface area contributed by atoms with Crippen LogP contribution in [0.3, 0.4) is 0 Å². The molecule has 0 radical (unpaired) electrons. The first-order valence-corrected chi connectivity index (χ1v) is 15.5. The van der Waals surface area contributed by atoms with Crippen LogP contribution in [0.25, 0.3) is 21.6 Å². The van der Waals surface area contributed by atoms with Gasteiger partial charge in [-0.1, -0.05) is 71.0 Å². The number of halogens is 1. The quantitative estimate of drug-likeness (QED) is 0.142. The van der Waals surface area contributed by atoms with Crippen LogP contribution in [0.5, 0.6) is 5.75 Å². The molecule has 5 nitrogen and oxygen atoms in total. The van der Waals surface area contributed by atoms with Crippen LogP contribution in [-0.2, 0) is 20.7 Å². The van der Waals surface area contributed by atoms with Crippen molar-refractivity contribution in [2.45, 2.75) is 57.3 Å². The van der Waals surface area contributed by atoms with E-state index in [4.69, 9.17) is 0 Å². The van der Waals surface area contributed by atoms with E-state index in [9.17, 15) is 23.1 Å². The number of oxime groups is 1. The predicted octanol–water partition coefficient (Wildman–Crippen LogP) is 8.15. The summed E-state index contributed by atoms with van der Waals surface area (Å²) in [5.41, 5.74) is 4.05. The summed E-state index contributed by atoms with van der Waals surface area (Å²) in [6, 6.07) is 18.3. The van der Waals surface area contributed by atoms with Crippen LogP contribution < -0.4 is 0 Å². The third-order valence-corrected chi connectivity index (χ3v) is 9.08. The van der Waals surface area contributed by atoms with Crippen LogP contribution in [0.15, 0.2) is 76.8 Å². The van der Waals surface area contributed by atoms with Crippen molar-refractivity contribution in [3.05, 3.63) is 94.1 Å². The van der Waals surface area contributed by atoms with Gasteiger partial charge in [0.05, 0.1) is 9.77 Å². The summed E-state index contributed by atoms with van der Waals surface area (Å²) in [6.07, 6.45) is 1.16. The number of hydrogen-bond donors (Lipinski definition) is 2. The third-order valence-electron chi connectivity index (χ3n) is 6.76. The van der Waals surface area contributed by atoms with Gasteiger partial charge in [-0.15, -0.1) is 11.3 Å². The SMILES string of the molecule is CC(C)(C)c1cc(/C(=N\O)c2cc(-c3ccc(S(C)(=O)=O)cc3)c(-c3ccc(F)cc3)s2)cc(C(C)(C)C)c1O. The van der Waals surface area contributed by atoms with E-state index >= 15 is 0 Å². The lowest BCUT2D eigenvalue weighted by molar-refractivity contribution is 0.319. The van der Waals surface area contributed by atoms with Crippen molar-refractivity contribution >= 4 is 26.9 Å². The molecule has 8 heteroatoms. The van der Waals surface area contributed by atoms with E-state index in [1.807, 2.05) is 59.7 Å². The molecule has 0 amide bonds. The highest BCUT2D eigenvalue weighted by Gasteiger charge is 2.28. The van der Waals surface area contributed by atoms with Crippen molar-refractivity contribution in [3.63, 3.8) is 0 Å². The highest BCUT2D eigenvalue weighted by molar-refractivity contribution is 7.90. The first-order valence-electron chi connectivity index (χ1n) is 12.8. The Morgan fingerprint density at radius 3 is 1.77 bits per heavy atom. The van der Waals surface area contributed by atoms with Crippen LogP contribution in [0, 0.1) is 5.82 Å². The Kier molecular flexibility index (Phi) is 7.73. The first-order chi connectivity index (χ1) is 18.5. The number of thiophene rings is 1. The fraction of sp³-hybridized carbons (Fsp3) is 0.281. The molecule has 0 bridgehead atoms. The average Bonchev–Trinajstić information content (AvgIpc) is 3.29. The molecule has 0 saturated heterocycles. The fourth-order valence-corrected chi connectivity index (χ4v) is 6.41. The Balaban J connectivity index is 1.95. The molecule has 2 N–H and O–H groups in total. The lowest BCUT2D eigenvalue weighted by atomic mass is 9.78. The minimum Gasteiger partial charge on any atom is -0.507 e. The second kappa shape index (κ2) is 10.5. The van der Waals surface area contributed by atoms with E-state index in [0.29, 0.717) is 16.2 Å². The smallest absolute Gasteiger partial charge is 0.175 e. The molecule has 0 aliphatic rings. The Hall–Kier alpha value is -3.49. The Morgan fingerprint density at radius 2 is 1.32 bits per heavy atom. The number of phenolic OH excluding ortho intramolecular Hbond substituents is 1. The summed E-state index contributed by atoms with van der Waals surface area (Å²) in [5, 5.41) is 25.2. The summed E-state index contributed by atoms with van der Waals surface area (Å²) in [4.78, 5) is 1.68. The number of phenols is 1. The molecule has 210 valence electrons. The minimum absolute atomic E-state index is 0.209. The molecule has 1 heterocycles. The van der Waals surface area contributed by atoms with Crippen LogP contribution in [0.2, 0.25) is 0 Å². The second-order valence-corrected chi connectivity index (χ2v) is 15.1. The van der Waals surface area contributed by atoms with Gasteiger partial charge in [0.1, 0.15) is 17.3 Å². The van der Waals surface area contributed by atoms with Gasteiger partial charge in [-0.3, -0.25) is 0 Å². The van der Waals surface area contributed by atoms with Gasteiger partial charge in [0.2, 0.25) is 0 Å². The zero-order valence-electron chi connectivity index (χ0n) is 23.7. The van der Waals surface area contributed by atoms with Gasteiger partial charge in [-0.2, -0.15) is 0 Å². The molecular weight excluding hydrogens is 545 g/mol. The molecule has 0 aliphatic carbocycles. The van der Waals surface area contributed by atoms with Crippen molar-refractivity contribution in [3.8, 4) is 27.3 Å². The highest BCUT2D eigenvalue weighted by atomic mass is 32.2. The van der Waals surface area contributed by atoms with Crippen molar-refractivity contribution in [1.29, 1.82) is 0 Å². The van der Waals surface area contributed by atoms with E-state index in [2.05, 4.69) is 5.16 Å². The topological polar surface area (TPSA) is 87.0 Å². The monoisotopic (exact) mass is 579 g/mol. The molecule has 4 rings (SSSR count). The molecule has 1 aromatic heterocycles. The summed E-state index contributed by atoms with van der Waals surface area (Å²) in [6.45, 7) is 12.1. The van der Waals surface area contributed by atoms with Crippen LogP contribution in [0.4, 0.5) is 4.39 Å². The minimum atomic E-state index is -3.36. The Morgan fingerprint density at radius 1 is 0.825 bits per heavy atom. The molecule has 0 spiro atoms. The van der Waals surface area contributed by atoms with Gasteiger partial charge in [0.25, 0.3) is 0 Å².